The SMILES string of the molecule is C=CCCC(=O)N1CCc2sccc2C1C(=O)O. The Kier molecular flexibility index (Phi) is 3.81. The average molecular weight is 265 g/mol. The van der Waals surface area contributed by atoms with Crippen molar-refractivity contribution in [3.63, 3.8) is 0 Å². The molecular weight excluding hydrogens is 250 g/mol. The first-order valence-corrected chi connectivity index (χ1v) is 6.72. The normalized spacial score (nSPS) is 18.2. The van der Waals surface area contributed by atoms with Crippen LogP contribution < -0.4 is 0 Å². The number of amides is 1. The first kappa shape index (κ1) is 12.8. The van der Waals surface area contributed by atoms with E-state index >= 15 is 0 Å². The van der Waals surface area contributed by atoms with Crippen LogP contribution in [0.4, 0.5) is 0 Å². The van der Waals surface area contributed by atoms with Crippen molar-refractivity contribution in [1.29, 1.82) is 0 Å². The minimum absolute atomic E-state index is 0.112. The highest BCUT2D eigenvalue weighted by atomic mass is 32.1. The molecule has 0 saturated heterocycles. The number of fused-ring (bicyclic) bond motifs is 1. The van der Waals surface area contributed by atoms with Crippen LogP contribution in [0.25, 0.3) is 0 Å². The predicted molar refractivity (Wildman–Crippen MR) is 69.5 cm³/mol. The number of aliphatic carboxylic acids is 1. The number of hydrogen-bond acceptors (Lipinski definition) is 3. The van der Waals surface area contributed by atoms with E-state index in [1.807, 2.05) is 11.4 Å². The van der Waals surface area contributed by atoms with E-state index in [1.165, 1.54) is 4.90 Å². The fourth-order valence-corrected chi connectivity index (χ4v) is 3.12. The minimum atomic E-state index is -0.957. The molecule has 2 rings (SSSR count). The minimum Gasteiger partial charge on any atom is -0.479 e. The van der Waals surface area contributed by atoms with E-state index in [0.717, 1.165) is 16.9 Å². The summed E-state index contributed by atoms with van der Waals surface area (Å²) >= 11 is 1.56. The highest BCUT2D eigenvalue weighted by Gasteiger charge is 2.35. The molecule has 1 aliphatic heterocycles. The molecule has 0 aliphatic carbocycles. The molecule has 0 fully saturated rings. The third kappa shape index (κ3) is 2.31. The second kappa shape index (κ2) is 5.35. The third-order valence-electron chi connectivity index (χ3n) is 3.08. The van der Waals surface area contributed by atoms with Crippen LogP contribution in [-0.4, -0.2) is 28.4 Å². The maximum Gasteiger partial charge on any atom is 0.331 e. The van der Waals surface area contributed by atoms with Crippen LogP contribution in [-0.2, 0) is 16.0 Å². The van der Waals surface area contributed by atoms with Gasteiger partial charge in [-0.05, 0) is 29.9 Å². The molecule has 0 bridgehead atoms. The summed E-state index contributed by atoms with van der Waals surface area (Å²) in [6.45, 7) is 4.06. The van der Waals surface area contributed by atoms with E-state index in [4.69, 9.17) is 0 Å². The molecular formula is C13H15NO3S. The number of hydrogen-bond donors (Lipinski definition) is 1. The Bertz CT molecular complexity index is 480. The van der Waals surface area contributed by atoms with Gasteiger partial charge in [-0.25, -0.2) is 4.79 Å². The molecule has 1 atom stereocenters. The molecule has 0 radical (unpaired) electrons. The van der Waals surface area contributed by atoms with Crippen molar-refractivity contribution in [2.24, 2.45) is 0 Å². The van der Waals surface area contributed by atoms with E-state index < -0.39 is 12.0 Å². The van der Waals surface area contributed by atoms with Crippen LogP contribution in [0, 0.1) is 0 Å². The first-order valence-electron chi connectivity index (χ1n) is 5.84. The molecule has 1 aromatic rings. The van der Waals surface area contributed by atoms with Crippen LogP contribution in [0.1, 0.15) is 29.3 Å². The van der Waals surface area contributed by atoms with Gasteiger partial charge in [0.2, 0.25) is 5.91 Å². The Balaban J connectivity index is 2.24. The third-order valence-corrected chi connectivity index (χ3v) is 4.08. The van der Waals surface area contributed by atoms with Gasteiger partial charge in [0.1, 0.15) is 0 Å². The molecule has 1 aromatic heterocycles. The lowest BCUT2D eigenvalue weighted by atomic mass is 9.99. The summed E-state index contributed by atoms with van der Waals surface area (Å²) in [6, 6.07) is 0.989. The van der Waals surface area contributed by atoms with Gasteiger partial charge in [-0.3, -0.25) is 4.79 Å². The monoisotopic (exact) mass is 265 g/mol. The van der Waals surface area contributed by atoms with Gasteiger partial charge < -0.3 is 10.0 Å². The lowest BCUT2D eigenvalue weighted by Crippen LogP contribution is -2.42. The van der Waals surface area contributed by atoms with E-state index in [0.29, 0.717) is 19.4 Å². The zero-order valence-electron chi connectivity index (χ0n) is 9.96. The predicted octanol–water partition coefficient (Wildman–Crippen LogP) is 2.22. The molecule has 5 heteroatoms. The zero-order valence-corrected chi connectivity index (χ0v) is 10.8. The standard InChI is InChI=1S/C13H15NO3S/c1-2-3-4-11(15)14-7-5-10-9(6-8-18-10)12(14)13(16)17/h2,6,8,12H,1,3-5,7H2,(H,16,17). The number of nitrogens with zero attached hydrogens (tertiary/aromatic N) is 1. The molecule has 1 amide bonds. The number of carboxylic acids is 1. The van der Waals surface area contributed by atoms with E-state index in [2.05, 4.69) is 6.58 Å². The van der Waals surface area contributed by atoms with Crippen molar-refractivity contribution in [2.75, 3.05) is 6.54 Å². The van der Waals surface area contributed by atoms with Crippen LogP contribution in [0.5, 0.6) is 0 Å². The lowest BCUT2D eigenvalue weighted by molar-refractivity contribution is -0.151. The van der Waals surface area contributed by atoms with Gasteiger partial charge in [0.25, 0.3) is 0 Å². The van der Waals surface area contributed by atoms with Gasteiger partial charge in [-0.1, -0.05) is 6.08 Å². The van der Waals surface area contributed by atoms with E-state index in [1.54, 1.807) is 17.4 Å². The summed E-state index contributed by atoms with van der Waals surface area (Å²) in [6.07, 6.45) is 3.33. The van der Waals surface area contributed by atoms with Crippen molar-refractivity contribution in [3.05, 3.63) is 34.5 Å². The van der Waals surface area contributed by atoms with Gasteiger partial charge in [0, 0.05) is 17.8 Å². The Morgan fingerprint density at radius 1 is 1.61 bits per heavy atom. The van der Waals surface area contributed by atoms with Crippen LogP contribution in [0.15, 0.2) is 24.1 Å². The second-order valence-corrected chi connectivity index (χ2v) is 5.21. The Labute approximate surface area is 110 Å². The number of allylic oxidation sites excluding steroid dienone is 1. The number of carbonyl (C=O) groups is 2. The van der Waals surface area contributed by atoms with Crippen LogP contribution in [0.3, 0.4) is 0 Å². The van der Waals surface area contributed by atoms with Gasteiger partial charge >= 0.3 is 5.97 Å². The van der Waals surface area contributed by atoms with Crippen molar-refractivity contribution in [3.8, 4) is 0 Å². The molecule has 1 aliphatic rings. The Morgan fingerprint density at radius 3 is 3.06 bits per heavy atom. The smallest absolute Gasteiger partial charge is 0.331 e. The van der Waals surface area contributed by atoms with Crippen LogP contribution in [0.2, 0.25) is 0 Å². The maximum absolute atomic E-state index is 12.0. The topological polar surface area (TPSA) is 57.6 Å². The number of carbonyl (C=O) groups excluding carboxylic acids is 1. The number of rotatable bonds is 4. The van der Waals surface area contributed by atoms with Crippen molar-refractivity contribution >= 4 is 23.2 Å². The van der Waals surface area contributed by atoms with Crippen LogP contribution >= 0.6 is 11.3 Å². The van der Waals surface area contributed by atoms with Crippen molar-refractivity contribution in [2.45, 2.75) is 25.3 Å². The number of carboxylic acid groups (broad SMARTS) is 1. The lowest BCUT2D eigenvalue weighted by Gasteiger charge is -2.33. The van der Waals surface area contributed by atoms with Gasteiger partial charge in [0.15, 0.2) is 6.04 Å². The van der Waals surface area contributed by atoms with Crippen molar-refractivity contribution < 1.29 is 14.7 Å². The molecule has 0 spiro atoms. The highest BCUT2D eigenvalue weighted by molar-refractivity contribution is 7.10. The number of thiophene rings is 1. The van der Waals surface area contributed by atoms with Gasteiger partial charge in [-0.2, -0.15) is 0 Å². The summed E-state index contributed by atoms with van der Waals surface area (Å²) in [5.41, 5.74) is 0.769. The Morgan fingerprint density at radius 2 is 2.39 bits per heavy atom. The van der Waals surface area contributed by atoms with Crippen molar-refractivity contribution in [1.82, 2.24) is 4.90 Å². The molecule has 1 unspecified atom stereocenters. The molecule has 2 heterocycles. The summed E-state index contributed by atoms with van der Waals surface area (Å²) in [5.74, 6) is -1.07. The van der Waals surface area contributed by atoms with Gasteiger partial charge in [0.05, 0.1) is 0 Å². The van der Waals surface area contributed by atoms with Gasteiger partial charge in [-0.15, -0.1) is 17.9 Å². The molecule has 0 saturated carbocycles. The highest BCUT2D eigenvalue weighted by Crippen LogP contribution is 2.33. The average Bonchev–Trinajstić information content (AvgIpc) is 2.82. The molecule has 4 nitrogen and oxygen atoms in total. The quantitative estimate of drug-likeness (QED) is 0.849. The van der Waals surface area contributed by atoms with E-state index in [9.17, 15) is 14.7 Å². The largest absolute Gasteiger partial charge is 0.479 e. The summed E-state index contributed by atoms with van der Waals surface area (Å²) in [4.78, 5) is 26.0. The summed E-state index contributed by atoms with van der Waals surface area (Å²) in [5, 5.41) is 11.2. The zero-order chi connectivity index (χ0) is 13.1. The second-order valence-electron chi connectivity index (χ2n) is 4.20. The fraction of sp³-hybridized carbons (Fsp3) is 0.385. The summed E-state index contributed by atoms with van der Waals surface area (Å²) < 4.78 is 0. The maximum atomic E-state index is 12.0. The Hall–Kier alpha value is -1.62. The molecule has 96 valence electrons. The summed E-state index contributed by atoms with van der Waals surface area (Å²) in [7, 11) is 0. The molecule has 0 aromatic carbocycles. The molecule has 18 heavy (non-hydrogen) atoms. The fourth-order valence-electron chi connectivity index (χ4n) is 2.22. The first-order chi connectivity index (χ1) is 8.65. The van der Waals surface area contributed by atoms with E-state index in [-0.39, 0.29) is 5.91 Å². The molecule has 1 N–H and O–H groups in total.